The zero-order valence-electron chi connectivity index (χ0n) is 14.1. The van der Waals surface area contributed by atoms with E-state index in [9.17, 15) is 13.2 Å². The molecule has 0 spiro atoms. The van der Waals surface area contributed by atoms with E-state index in [1.54, 1.807) is 19.1 Å². The zero-order chi connectivity index (χ0) is 17.5. The Bertz CT molecular complexity index is 888. The second-order valence-electron chi connectivity index (χ2n) is 6.37. The van der Waals surface area contributed by atoms with Gasteiger partial charge in [-0.2, -0.15) is 0 Å². The van der Waals surface area contributed by atoms with Crippen molar-refractivity contribution in [1.82, 2.24) is 4.31 Å². The second-order valence-corrected chi connectivity index (χ2v) is 8.20. The molecule has 0 N–H and O–H groups in total. The summed E-state index contributed by atoms with van der Waals surface area (Å²) in [6, 6.07) is 13.0. The summed E-state index contributed by atoms with van der Waals surface area (Å²) in [7, 11) is -3.81. The highest BCUT2D eigenvalue weighted by Gasteiger charge is 2.39. The number of rotatable bonds is 3. The van der Waals surface area contributed by atoms with Gasteiger partial charge < -0.3 is 0 Å². The van der Waals surface area contributed by atoms with E-state index in [2.05, 4.69) is 0 Å². The first kappa shape index (κ1) is 16.7. The minimum absolute atomic E-state index is 0.0830. The summed E-state index contributed by atoms with van der Waals surface area (Å²) in [5.41, 5.74) is 3.70. The molecule has 1 saturated heterocycles. The van der Waals surface area contributed by atoms with Crippen molar-refractivity contribution >= 4 is 15.9 Å². The molecule has 1 amide bonds. The summed E-state index contributed by atoms with van der Waals surface area (Å²) in [5.74, 6) is -0.415. The van der Waals surface area contributed by atoms with E-state index in [0.717, 1.165) is 21.0 Å². The molecule has 24 heavy (non-hydrogen) atoms. The molecular weight excluding hydrogens is 322 g/mol. The van der Waals surface area contributed by atoms with Gasteiger partial charge in [0.2, 0.25) is 5.91 Å². The molecule has 4 nitrogen and oxygen atoms in total. The van der Waals surface area contributed by atoms with E-state index in [1.165, 1.54) is 0 Å². The molecule has 0 saturated carbocycles. The SMILES string of the molecule is Cc1ccc(S(=O)(=O)N2C[C@H](c3ccccc3)CC2=O)c(C)c1C. The van der Waals surface area contributed by atoms with Crippen LogP contribution in [0.15, 0.2) is 47.4 Å². The molecule has 0 unspecified atom stereocenters. The molecule has 0 aromatic heterocycles. The highest BCUT2D eigenvalue weighted by atomic mass is 32.2. The van der Waals surface area contributed by atoms with Gasteiger partial charge in [0.25, 0.3) is 10.0 Å². The topological polar surface area (TPSA) is 54.5 Å². The van der Waals surface area contributed by atoms with Crippen molar-refractivity contribution in [2.75, 3.05) is 6.54 Å². The van der Waals surface area contributed by atoms with Crippen LogP contribution in [0.2, 0.25) is 0 Å². The van der Waals surface area contributed by atoms with Crippen LogP contribution in [-0.2, 0) is 14.8 Å². The average Bonchev–Trinajstić information content (AvgIpc) is 2.96. The third-order valence-electron chi connectivity index (χ3n) is 4.93. The van der Waals surface area contributed by atoms with Gasteiger partial charge in [0.05, 0.1) is 4.90 Å². The molecule has 1 atom stereocenters. The Balaban J connectivity index is 1.97. The van der Waals surface area contributed by atoms with Crippen LogP contribution in [-0.4, -0.2) is 25.2 Å². The Morgan fingerprint density at radius 1 is 0.958 bits per heavy atom. The highest BCUT2D eigenvalue weighted by molar-refractivity contribution is 7.89. The fourth-order valence-electron chi connectivity index (χ4n) is 3.19. The first-order valence-corrected chi connectivity index (χ1v) is 9.43. The molecule has 2 aromatic rings. The Labute approximate surface area is 143 Å². The highest BCUT2D eigenvalue weighted by Crippen LogP contribution is 2.33. The molecule has 0 aliphatic carbocycles. The second kappa shape index (κ2) is 6.06. The molecular formula is C19H21NO3S. The number of benzene rings is 2. The number of nitrogens with zero attached hydrogens (tertiary/aromatic N) is 1. The van der Waals surface area contributed by atoms with E-state index < -0.39 is 10.0 Å². The lowest BCUT2D eigenvalue weighted by Gasteiger charge is -2.20. The van der Waals surface area contributed by atoms with E-state index in [0.29, 0.717) is 5.56 Å². The summed E-state index contributed by atoms with van der Waals surface area (Å²) in [4.78, 5) is 12.6. The number of sulfonamides is 1. The molecule has 0 bridgehead atoms. The van der Waals surface area contributed by atoms with Gasteiger partial charge in [-0.25, -0.2) is 12.7 Å². The summed E-state index contributed by atoms with van der Waals surface area (Å²) >= 11 is 0. The van der Waals surface area contributed by atoms with E-state index in [4.69, 9.17) is 0 Å². The summed E-state index contributed by atoms with van der Waals surface area (Å²) < 4.78 is 27.1. The standard InChI is InChI=1S/C19H21NO3S/c1-13-9-10-18(15(3)14(13)2)24(22,23)20-12-17(11-19(20)21)16-7-5-4-6-8-16/h4-10,17H,11-12H2,1-3H3/t17-/m1/s1. The van der Waals surface area contributed by atoms with Crippen LogP contribution >= 0.6 is 0 Å². The number of aryl methyl sites for hydroxylation is 1. The van der Waals surface area contributed by atoms with Crippen molar-refractivity contribution in [1.29, 1.82) is 0 Å². The van der Waals surface area contributed by atoms with E-state index in [1.807, 2.05) is 44.2 Å². The number of hydrogen-bond acceptors (Lipinski definition) is 3. The van der Waals surface area contributed by atoms with Gasteiger partial charge in [0, 0.05) is 18.9 Å². The third-order valence-corrected chi connectivity index (χ3v) is 6.86. The van der Waals surface area contributed by atoms with Gasteiger partial charge in [-0.05, 0) is 49.1 Å². The molecule has 126 valence electrons. The fraction of sp³-hybridized carbons (Fsp3) is 0.316. The lowest BCUT2D eigenvalue weighted by atomic mass is 9.99. The van der Waals surface area contributed by atoms with Gasteiger partial charge in [0.1, 0.15) is 0 Å². The summed E-state index contributed by atoms with van der Waals surface area (Å²) in [6.45, 7) is 5.86. The number of carbonyl (C=O) groups excluding carboxylic acids is 1. The molecule has 1 fully saturated rings. The monoisotopic (exact) mass is 343 g/mol. The van der Waals surface area contributed by atoms with Crippen molar-refractivity contribution in [2.24, 2.45) is 0 Å². The zero-order valence-corrected chi connectivity index (χ0v) is 14.9. The Morgan fingerprint density at radius 3 is 2.29 bits per heavy atom. The van der Waals surface area contributed by atoms with Gasteiger partial charge in [-0.3, -0.25) is 4.79 Å². The van der Waals surface area contributed by atoms with Crippen LogP contribution in [0.25, 0.3) is 0 Å². The Kier molecular flexibility index (Phi) is 4.22. The van der Waals surface area contributed by atoms with Crippen LogP contribution in [0.3, 0.4) is 0 Å². The number of carbonyl (C=O) groups is 1. The Morgan fingerprint density at radius 2 is 1.62 bits per heavy atom. The molecule has 1 aliphatic rings. The first-order valence-electron chi connectivity index (χ1n) is 7.99. The molecule has 3 rings (SSSR count). The largest absolute Gasteiger partial charge is 0.274 e. The van der Waals surface area contributed by atoms with Crippen molar-refractivity contribution in [3.63, 3.8) is 0 Å². The van der Waals surface area contributed by atoms with Crippen molar-refractivity contribution in [2.45, 2.75) is 38.0 Å². The van der Waals surface area contributed by atoms with E-state index >= 15 is 0 Å². The maximum Gasteiger partial charge on any atom is 0.266 e. The molecule has 1 aliphatic heterocycles. The van der Waals surface area contributed by atoms with Crippen LogP contribution in [0.1, 0.15) is 34.6 Å². The molecule has 2 aromatic carbocycles. The quantitative estimate of drug-likeness (QED) is 0.859. The predicted molar refractivity (Wildman–Crippen MR) is 93.4 cm³/mol. The lowest BCUT2D eigenvalue weighted by molar-refractivity contribution is -0.123. The fourth-order valence-corrected chi connectivity index (χ4v) is 4.93. The van der Waals surface area contributed by atoms with Gasteiger partial charge in [-0.1, -0.05) is 36.4 Å². The maximum absolute atomic E-state index is 13.0. The molecule has 1 heterocycles. The van der Waals surface area contributed by atoms with E-state index in [-0.39, 0.29) is 29.7 Å². The minimum atomic E-state index is -3.81. The smallest absolute Gasteiger partial charge is 0.266 e. The number of amides is 1. The van der Waals surface area contributed by atoms with Gasteiger partial charge in [-0.15, -0.1) is 0 Å². The van der Waals surface area contributed by atoms with Gasteiger partial charge in [0.15, 0.2) is 0 Å². The normalized spacial score (nSPS) is 18.2. The minimum Gasteiger partial charge on any atom is -0.274 e. The van der Waals surface area contributed by atoms with Crippen LogP contribution < -0.4 is 0 Å². The van der Waals surface area contributed by atoms with Crippen molar-refractivity contribution < 1.29 is 13.2 Å². The lowest BCUT2D eigenvalue weighted by Crippen LogP contribution is -2.33. The van der Waals surface area contributed by atoms with Crippen LogP contribution in [0, 0.1) is 20.8 Å². The number of hydrogen-bond donors (Lipinski definition) is 0. The first-order chi connectivity index (χ1) is 11.3. The van der Waals surface area contributed by atoms with Gasteiger partial charge >= 0.3 is 0 Å². The Hall–Kier alpha value is -2.14. The maximum atomic E-state index is 13.0. The van der Waals surface area contributed by atoms with Crippen LogP contribution in [0.5, 0.6) is 0 Å². The molecule has 5 heteroatoms. The summed E-state index contributed by atoms with van der Waals surface area (Å²) in [6.07, 6.45) is 0.229. The third kappa shape index (κ3) is 2.73. The molecule has 0 radical (unpaired) electrons. The average molecular weight is 343 g/mol. The predicted octanol–water partition coefficient (Wildman–Crippen LogP) is 3.32. The summed E-state index contributed by atoms with van der Waals surface area (Å²) in [5, 5.41) is 0. The van der Waals surface area contributed by atoms with Crippen molar-refractivity contribution in [3.8, 4) is 0 Å². The van der Waals surface area contributed by atoms with Crippen LogP contribution in [0.4, 0.5) is 0 Å². The van der Waals surface area contributed by atoms with Crippen molar-refractivity contribution in [3.05, 3.63) is 64.7 Å².